The average molecular weight is 474 g/mol. The SMILES string of the molecule is COc1ccc(N2CCCn3c2nc2c3c(=O)n(C/C=C\c3ccccc3)c(=O)n2C)c(OC)c1. The van der Waals surface area contributed by atoms with Crippen LogP contribution in [0.3, 0.4) is 0 Å². The van der Waals surface area contributed by atoms with E-state index in [0.29, 0.717) is 41.7 Å². The van der Waals surface area contributed by atoms with Gasteiger partial charge >= 0.3 is 5.69 Å². The molecule has 3 heterocycles. The maximum Gasteiger partial charge on any atom is 0.332 e. The van der Waals surface area contributed by atoms with Crippen LogP contribution in [0.25, 0.3) is 17.2 Å². The van der Waals surface area contributed by atoms with Crippen LogP contribution in [0, 0.1) is 0 Å². The maximum absolute atomic E-state index is 13.5. The van der Waals surface area contributed by atoms with E-state index in [1.165, 1.54) is 9.13 Å². The van der Waals surface area contributed by atoms with E-state index in [1.54, 1.807) is 21.3 Å². The second-order valence-corrected chi connectivity index (χ2v) is 8.35. The van der Waals surface area contributed by atoms with Gasteiger partial charge in [0.25, 0.3) is 5.56 Å². The number of ether oxygens (including phenoxy) is 2. The van der Waals surface area contributed by atoms with E-state index in [9.17, 15) is 9.59 Å². The van der Waals surface area contributed by atoms with Crippen LogP contribution in [-0.2, 0) is 20.1 Å². The fourth-order valence-corrected chi connectivity index (χ4v) is 4.52. The third-order valence-electron chi connectivity index (χ3n) is 6.29. The summed E-state index contributed by atoms with van der Waals surface area (Å²) in [6, 6.07) is 15.4. The predicted molar refractivity (Wildman–Crippen MR) is 136 cm³/mol. The highest BCUT2D eigenvalue weighted by Gasteiger charge is 2.28. The van der Waals surface area contributed by atoms with E-state index in [-0.39, 0.29) is 12.1 Å². The minimum Gasteiger partial charge on any atom is -0.497 e. The minimum absolute atomic E-state index is 0.173. The number of aryl methyl sites for hydroxylation is 2. The number of anilines is 2. The number of rotatable bonds is 6. The number of allylic oxidation sites excluding steroid dienone is 1. The molecule has 0 N–H and O–H groups in total. The van der Waals surface area contributed by atoms with E-state index < -0.39 is 5.69 Å². The lowest BCUT2D eigenvalue weighted by molar-refractivity contribution is 0.394. The first-order valence-electron chi connectivity index (χ1n) is 11.4. The number of aromatic nitrogens is 4. The lowest BCUT2D eigenvalue weighted by atomic mass is 10.2. The molecule has 0 saturated heterocycles. The van der Waals surface area contributed by atoms with Crippen LogP contribution < -0.4 is 25.6 Å². The van der Waals surface area contributed by atoms with Gasteiger partial charge in [0.2, 0.25) is 5.95 Å². The van der Waals surface area contributed by atoms with Gasteiger partial charge < -0.3 is 18.9 Å². The molecule has 180 valence electrons. The Bertz CT molecular complexity index is 1530. The van der Waals surface area contributed by atoms with Gasteiger partial charge in [0.1, 0.15) is 11.5 Å². The van der Waals surface area contributed by atoms with E-state index in [1.807, 2.05) is 70.1 Å². The minimum atomic E-state index is -0.399. The van der Waals surface area contributed by atoms with Crippen molar-refractivity contribution in [1.29, 1.82) is 0 Å². The molecule has 2 aromatic heterocycles. The van der Waals surface area contributed by atoms with Crippen LogP contribution in [-0.4, -0.2) is 39.4 Å². The van der Waals surface area contributed by atoms with Gasteiger partial charge in [-0.1, -0.05) is 42.5 Å². The van der Waals surface area contributed by atoms with Gasteiger partial charge in [0, 0.05) is 32.7 Å². The first-order valence-corrected chi connectivity index (χ1v) is 11.4. The number of methoxy groups -OCH3 is 2. The lowest BCUT2D eigenvalue weighted by Crippen LogP contribution is -2.39. The van der Waals surface area contributed by atoms with E-state index in [4.69, 9.17) is 14.5 Å². The molecular formula is C26H27N5O4. The summed E-state index contributed by atoms with van der Waals surface area (Å²) in [5, 5.41) is 0. The summed E-state index contributed by atoms with van der Waals surface area (Å²) >= 11 is 0. The Morgan fingerprint density at radius 3 is 2.57 bits per heavy atom. The third kappa shape index (κ3) is 3.88. The van der Waals surface area contributed by atoms with Crippen LogP contribution in [0.2, 0.25) is 0 Å². The topological polar surface area (TPSA) is 83.5 Å². The van der Waals surface area contributed by atoms with Gasteiger partial charge in [0.15, 0.2) is 11.2 Å². The summed E-state index contributed by atoms with van der Waals surface area (Å²) in [4.78, 5) is 33.4. The number of nitrogens with zero attached hydrogens (tertiary/aromatic N) is 5. The average Bonchev–Trinajstić information content (AvgIpc) is 3.30. The lowest BCUT2D eigenvalue weighted by Gasteiger charge is -2.30. The van der Waals surface area contributed by atoms with Gasteiger partial charge in [-0.05, 0) is 24.1 Å². The van der Waals surface area contributed by atoms with Crippen LogP contribution in [0.4, 0.5) is 11.6 Å². The number of hydrogen-bond donors (Lipinski definition) is 0. The maximum atomic E-state index is 13.5. The molecule has 0 unspecified atom stereocenters. The van der Waals surface area contributed by atoms with Crippen LogP contribution in [0.5, 0.6) is 11.5 Å². The molecule has 0 amide bonds. The molecule has 4 aromatic rings. The van der Waals surface area contributed by atoms with Gasteiger partial charge in [0.05, 0.1) is 19.9 Å². The summed E-state index contributed by atoms with van der Waals surface area (Å²) in [5.41, 5.74) is 1.88. The molecule has 0 atom stereocenters. The Morgan fingerprint density at radius 2 is 1.83 bits per heavy atom. The van der Waals surface area contributed by atoms with Crippen molar-refractivity contribution < 1.29 is 9.47 Å². The molecule has 9 heteroatoms. The normalized spacial score (nSPS) is 13.4. The van der Waals surface area contributed by atoms with Gasteiger partial charge in [-0.3, -0.25) is 13.9 Å². The zero-order valence-electron chi connectivity index (χ0n) is 20.0. The van der Waals surface area contributed by atoms with Gasteiger partial charge in [-0.2, -0.15) is 4.98 Å². The highest BCUT2D eigenvalue weighted by molar-refractivity contribution is 5.78. The number of imidazole rings is 1. The summed E-state index contributed by atoms with van der Waals surface area (Å²) in [5.74, 6) is 1.94. The fourth-order valence-electron chi connectivity index (χ4n) is 4.52. The second kappa shape index (κ2) is 9.17. The molecule has 0 spiro atoms. The summed E-state index contributed by atoms with van der Waals surface area (Å²) < 4.78 is 15.5. The van der Waals surface area contributed by atoms with E-state index >= 15 is 0 Å². The summed E-state index contributed by atoms with van der Waals surface area (Å²) in [6.45, 7) is 1.51. The molecule has 0 aliphatic carbocycles. The van der Waals surface area contributed by atoms with Crippen molar-refractivity contribution in [2.24, 2.45) is 7.05 Å². The zero-order valence-corrected chi connectivity index (χ0v) is 20.0. The molecule has 0 bridgehead atoms. The largest absolute Gasteiger partial charge is 0.497 e. The molecular weight excluding hydrogens is 446 g/mol. The fraction of sp³-hybridized carbons (Fsp3) is 0.269. The quantitative estimate of drug-likeness (QED) is 0.428. The summed E-state index contributed by atoms with van der Waals surface area (Å²) in [7, 11) is 4.87. The first kappa shape index (κ1) is 22.5. The van der Waals surface area contributed by atoms with Crippen molar-refractivity contribution in [1.82, 2.24) is 18.7 Å². The zero-order chi connectivity index (χ0) is 24.5. The first-order chi connectivity index (χ1) is 17.0. The van der Waals surface area contributed by atoms with Crippen molar-refractivity contribution in [3.8, 4) is 11.5 Å². The Balaban J connectivity index is 1.61. The second-order valence-electron chi connectivity index (χ2n) is 8.35. The molecule has 0 fully saturated rings. The third-order valence-corrected chi connectivity index (χ3v) is 6.29. The van der Waals surface area contributed by atoms with E-state index in [0.717, 1.165) is 17.7 Å². The van der Waals surface area contributed by atoms with Crippen molar-refractivity contribution in [3.63, 3.8) is 0 Å². The molecule has 1 aliphatic heterocycles. The molecule has 9 nitrogen and oxygen atoms in total. The Kier molecular flexibility index (Phi) is 5.90. The van der Waals surface area contributed by atoms with Crippen molar-refractivity contribution >= 4 is 28.9 Å². The van der Waals surface area contributed by atoms with Crippen molar-refractivity contribution in [3.05, 3.63) is 81.0 Å². The van der Waals surface area contributed by atoms with Gasteiger partial charge in [-0.15, -0.1) is 0 Å². The molecule has 1 aliphatic rings. The monoisotopic (exact) mass is 473 g/mol. The standard InChI is InChI=1S/C26H27N5O4/c1-28-23-22(24(32)31(26(28)33)14-7-11-18-9-5-4-6-10-18)30-16-8-15-29(25(30)27-23)20-13-12-19(34-2)17-21(20)35-3/h4-7,9-13,17H,8,14-16H2,1-3H3/b11-7-. The molecule has 0 radical (unpaired) electrons. The van der Waals surface area contributed by atoms with Crippen LogP contribution in [0.1, 0.15) is 12.0 Å². The number of benzene rings is 2. The van der Waals surface area contributed by atoms with Crippen LogP contribution >= 0.6 is 0 Å². The number of hydrogen-bond acceptors (Lipinski definition) is 6. The molecule has 2 aromatic carbocycles. The van der Waals surface area contributed by atoms with Gasteiger partial charge in [-0.25, -0.2) is 4.79 Å². The van der Waals surface area contributed by atoms with E-state index in [2.05, 4.69) is 0 Å². The highest BCUT2D eigenvalue weighted by Crippen LogP contribution is 2.38. The van der Waals surface area contributed by atoms with Crippen molar-refractivity contribution in [2.75, 3.05) is 25.7 Å². The number of fused-ring (bicyclic) bond motifs is 3. The Labute approximate surface area is 202 Å². The molecule has 0 saturated carbocycles. The predicted octanol–water partition coefficient (Wildman–Crippen LogP) is 3.17. The summed E-state index contributed by atoms with van der Waals surface area (Å²) in [6.07, 6.45) is 4.54. The van der Waals surface area contributed by atoms with Crippen LogP contribution in [0.15, 0.2) is 64.2 Å². The highest BCUT2D eigenvalue weighted by atomic mass is 16.5. The Morgan fingerprint density at radius 1 is 1.03 bits per heavy atom. The smallest absolute Gasteiger partial charge is 0.332 e. The molecule has 35 heavy (non-hydrogen) atoms. The Hall–Kier alpha value is -4.27. The van der Waals surface area contributed by atoms with Crippen molar-refractivity contribution in [2.45, 2.75) is 19.5 Å². The molecule has 5 rings (SSSR count).